The molecule has 4 heteroatoms. The summed E-state index contributed by atoms with van der Waals surface area (Å²) in [6.45, 7) is 2.14. The Morgan fingerprint density at radius 3 is 2.78 bits per heavy atom. The van der Waals surface area contributed by atoms with Gasteiger partial charge >= 0.3 is 0 Å². The fourth-order valence-electron chi connectivity index (χ4n) is 2.59. The van der Waals surface area contributed by atoms with E-state index in [0.29, 0.717) is 11.7 Å². The Balaban J connectivity index is 2.21. The average molecular weight is 251 g/mol. The topological polar surface area (TPSA) is 50.7 Å². The lowest BCUT2D eigenvalue weighted by Gasteiger charge is -2.24. The molecule has 0 aliphatic carbocycles. The maximum Gasteiger partial charge on any atom is 0.164 e. The third-order valence-corrected chi connectivity index (χ3v) is 3.45. The van der Waals surface area contributed by atoms with Crippen LogP contribution in [-0.4, -0.2) is 32.4 Å². The zero-order valence-electron chi connectivity index (χ0n) is 11.0. The fourth-order valence-corrected chi connectivity index (χ4v) is 2.59. The Bertz CT molecular complexity index is 400. The molecule has 1 aliphatic heterocycles. The van der Waals surface area contributed by atoms with Crippen molar-refractivity contribution in [2.24, 2.45) is 5.92 Å². The van der Waals surface area contributed by atoms with Crippen molar-refractivity contribution in [3.05, 3.63) is 17.7 Å². The van der Waals surface area contributed by atoms with Gasteiger partial charge in [0.1, 0.15) is 5.75 Å². The van der Waals surface area contributed by atoms with Crippen LogP contribution in [0.4, 0.5) is 0 Å². The number of piperidine rings is 1. The van der Waals surface area contributed by atoms with Gasteiger partial charge in [0.2, 0.25) is 0 Å². The highest BCUT2D eigenvalue weighted by Gasteiger charge is 2.18. The number of hydrogen-bond donors (Lipinski definition) is 2. The minimum absolute atomic E-state index is 0.228. The predicted octanol–water partition coefficient (Wildman–Crippen LogP) is 1.95. The predicted molar refractivity (Wildman–Crippen MR) is 70.5 cm³/mol. The molecule has 1 heterocycles. The molecule has 1 aliphatic rings. The highest BCUT2D eigenvalue weighted by molar-refractivity contribution is 5.51. The molecule has 0 bridgehead atoms. The van der Waals surface area contributed by atoms with Crippen LogP contribution in [-0.2, 0) is 6.42 Å². The Hall–Kier alpha value is -1.42. The molecule has 2 N–H and O–H groups in total. The molecule has 1 unspecified atom stereocenters. The molecule has 1 fully saturated rings. The second-order valence-electron chi connectivity index (χ2n) is 4.76. The number of phenols is 1. The highest BCUT2D eigenvalue weighted by Crippen LogP contribution is 2.36. The van der Waals surface area contributed by atoms with Gasteiger partial charge in [-0.25, -0.2) is 0 Å². The molecule has 1 aromatic rings. The summed E-state index contributed by atoms with van der Waals surface area (Å²) in [4.78, 5) is 0. The van der Waals surface area contributed by atoms with Crippen LogP contribution in [0, 0.1) is 5.92 Å². The average Bonchev–Trinajstić information content (AvgIpc) is 2.39. The summed E-state index contributed by atoms with van der Waals surface area (Å²) in [5.74, 6) is 2.16. The van der Waals surface area contributed by atoms with Crippen molar-refractivity contribution in [3.8, 4) is 17.2 Å². The lowest BCUT2D eigenvalue weighted by atomic mass is 9.91. The van der Waals surface area contributed by atoms with Gasteiger partial charge in [-0.1, -0.05) is 0 Å². The van der Waals surface area contributed by atoms with Crippen LogP contribution < -0.4 is 14.8 Å². The normalized spacial score (nSPS) is 19.6. The van der Waals surface area contributed by atoms with E-state index in [-0.39, 0.29) is 5.75 Å². The molecular formula is C14H21NO3. The van der Waals surface area contributed by atoms with E-state index in [2.05, 4.69) is 5.32 Å². The maximum absolute atomic E-state index is 9.72. The third-order valence-electron chi connectivity index (χ3n) is 3.45. The molecule has 1 saturated heterocycles. The standard InChI is InChI=1S/C14H21NO3/c1-17-13-8-12(16)7-11(14(13)18-2)6-10-4-3-5-15-9-10/h7-8,10,15-16H,3-6,9H2,1-2H3. The van der Waals surface area contributed by atoms with Gasteiger partial charge in [0.05, 0.1) is 14.2 Å². The van der Waals surface area contributed by atoms with Gasteiger partial charge in [0.15, 0.2) is 11.5 Å². The Morgan fingerprint density at radius 2 is 2.17 bits per heavy atom. The van der Waals surface area contributed by atoms with Gasteiger partial charge in [0, 0.05) is 11.6 Å². The van der Waals surface area contributed by atoms with Crippen molar-refractivity contribution in [3.63, 3.8) is 0 Å². The van der Waals surface area contributed by atoms with Crippen molar-refractivity contribution < 1.29 is 14.6 Å². The minimum atomic E-state index is 0.228. The van der Waals surface area contributed by atoms with E-state index in [0.717, 1.165) is 30.8 Å². The van der Waals surface area contributed by atoms with Crippen LogP contribution >= 0.6 is 0 Å². The second-order valence-corrected chi connectivity index (χ2v) is 4.76. The number of hydrogen-bond acceptors (Lipinski definition) is 4. The van der Waals surface area contributed by atoms with E-state index in [9.17, 15) is 5.11 Å². The van der Waals surface area contributed by atoms with Gasteiger partial charge in [-0.3, -0.25) is 0 Å². The highest BCUT2D eigenvalue weighted by atomic mass is 16.5. The second kappa shape index (κ2) is 5.96. The molecule has 4 nitrogen and oxygen atoms in total. The Morgan fingerprint density at radius 1 is 1.33 bits per heavy atom. The van der Waals surface area contributed by atoms with Gasteiger partial charge in [-0.05, 0) is 44.3 Å². The number of nitrogens with one attached hydrogen (secondary N) is 1. The molecular weight excluding hydrogens is 230 g/mol. The van der Waals surface area contributed by atoms with Gasteiger partial charge in [-0.15, -0.1) is 0 Å². The fraction of sp³-hybridized carbons (Fsp3) is 0.571. The summed E-state index contributed by atoms with van der Waals surface area (Å²) in [5, 5.41) is 13.1. The lowest BCUT2D eigenvalue weighted by molar-refractivity contribution is 0.337. The first-order chi connectivity index (χ1) is 8.74. The van der Waals surface area contributed by atoms with Crippen molar-refractivity contribution in [2.45, 2.75) is 19.3 Å². The molecule has 0 amide bonds. The number of ether oxygens (including phenoxy) is 2. The molecule has 0 saturated carbocycles. The summed E-state index contributed by atoms with van der Waals surface area (Å²) in [5.41, 5.74) is 1.02. The summed E-state index contributed by atoms with van der Waals surface area (Å²) in [7, 11) is 3.22. The number of aromatic hydroxyl groups is 1. The molecule has 100 valence electrons. The third kappa shape index (κ3) is 2.88. The van der Waals surface area contributed by atoms with E-state index >= 15 is 0 Å². The van der Waals surface area contributed by atoms with Crippen LogP contribution in [0.5, 0.6) is 17.2 Å². The first-order valence-electron chi connectivity index (χ1n) is 6.39. The van der Waals surface area contributed by atoms with Crippen molar-refractivity contribution in [2.75, 3.05) is 27.3 Å². The molecule has 1 atom stereocenters. The quantitative estimate of drug-likeness (QED) is 0.859. The summed E-state index contributed by atoms with van der Waals surface area (Å²) >= 11 is 0. The number of methoxy groups -OCH3 is 2. The van der Waals surface area contributed by atoms with Crippen LogP contribution in [0.15, 0.2) is 12.1 Å². The minimum Gasteiger partial charge on any atom is -0.508 e. The Labute approximate surface area is 108 Å². The molecule has 1 aromatic carbocycles. The van der Waals surface area contributed by atoms with E-state index in [1.807, 2.05) is 0 Å². The molecule has 0 aromatic heterocycles. The Kier molecular flexibility index (Phi) is 4.31. The first kappa shape index (κ1) is 13.0. The zero-order chi connectivity index (χ0) is 13.0. The van der Waals surface area contributed by atoms with Crippen molar-refractivity contribution in [1.29, 1.82) is 0 Å². The number of rotatable bonds is 4. The van der Waals surface area contributed by atoms with Crippen LogP contribution in [0.25, 0.3) is 0 Å². The van der Waals surface area contributed by atoms with E-state index < -0.39 is 0 Å². The van der Waals surface area contributed by atoms with Gasteiger partial charge in [-0.2, -0.15) is 0 Å². The molecule has 2 rings (SSSR count). The largest absolute Gasteiger partial charge is 0.508 e. The molecule has 0 radical (unpaired) electrons. The summed E-state index contributed by atoms with van der Waals surface area (Å²) < 4.78 is 10.7. The van der Waals surface area contributed by atoms with Crippen LogP contribution in [0.2, 0.25) is 0 Å². The van der Waals surface area contributed by atoms with Crippen LogP contribution in [0.3, 0.4) is 0 Å². The van der Waals surface area contributed by atoms with Gasteiger partial charge in [0.25, 0.3) is 0 Å². The molecule has 18 heavy (non-hydrogen) atoms. The smallest absolute Gasteiger partial charge is 0.164 e. The van der Waals surface area contributed by atoms with Crippen molar-refractivity contribution >= 4 is 0 Å². The van der Waals surface area contributed by atoms with Crippen LogP contribution in [0.1, 0.15) is 18.4 Å². The van der Waals surface area contributed by atoms with E-state index in [1.54, 1.807) is 26.4 Å². The monoisotopic (exact) mass is 251 g/mol. The van der Waals surface area contributed by atoms with E-state index in [1.165, 1.54) is 12.8 Å². The maximum atomic E-state index is 9.72. The van der Waals surface area contributed by atoms with Crippen molar-refractivity contribution in [1.82, 2.24) is 5.32 Å². The number of phenolic OH excluding ortho intramolecular Hbond substituents is 1. The summed E-state index contributed by atoms with van der Waals surface area (Å²) in [6, 6.07) is 3.36. The van der Waals surface area contributed by atoms with Gasteiger partial charge < -0.3 is 19.9 Å². The lowest BCUT2D eigenvalue weighted by Crippen LogP contribution is -2.30. The zero-order valence-corrected chi connectivity index (χ0v) is 11.0. The first-order valence-corrected chi connectivity index (χ1v) is 6.39. The molecule has 0 spiro atoms. The number of benzene rings is 1. The SMILES string of the molecule is COc1cc(O)cc(CC2CCCNC2)c1OC. The summed E-state index contributed by atoms with van der Waals surface area (Å²) in [6.07, 6.45) is 3.33. The van der Waals surface area contributed by atoms with E-state index in [4.69, 9.17) is 9.47 Å².